The number of hydrogen-bond acceptors (Lipinski definition) is 3. The van der Waals surface area contributed by atoms with Crippen molar-refractivity contribution in [1.82, 2.24) is 4.90 Å². The Hall–Kier alpha value is -2.18. The fraction of sp³-hybridized carbons (Fsp3) is 0.529. The summed E-state index contributed by atoms with van der Waals surface area (Å²) in [7, 11) is 0. The van der Waals surface area contributed by atoms with Gasteiger partial charge in [0.1, 0.15) is 5.60 Å². The second-order valence-corrected chi connectivity index (χ2v) is 6.97. The molecule has 0 saturated carbocycles. The molecule has 0 aliphatic carbocycles. The number of piperidine rings is 1. The van der Waals surface area contributed by atoms with Gasteiger partial charge in [-0.25, -0.2) is 13.6 Å². The van der Waals surface area contributed by atoms with E-state index in [2.05, 4.69) is 0 Å². The number of ether oxygens (including phenoxy) is 1. The normalized spacial score (nSPS) is 16.1. The summed E-state index contributed by atoms with van der Waals surface area (Å²) >= 11 is 0. The van der Waals surface area contributed by atoms with Gasteiger partial charge in [-0.2, -0.15) is 0 Å². The van der Waals surface area contributed by atoms with Crippen molar-refractivity contribution < 1.29 is 23.1 Å². The predicted molar refractivity (Wildman–Crippen MR) is 84.7 cm³/mol. The highest BCUT2D eigenvalue weighted by Crippen LogP contribution is 2.32. The molecule has 0 atom stereocenters. The maximum atomic E-state index is 14.1. The summed E-state index contributed by atoms with van der Waals surface area (Å²) in [5.41, 5.74) is 4.64. The Morgan fingerprint density at radius 3 is 2.29 bits per heavy atom. The summed E-state index contributed by atoms with van der Waals surface area (Å²) in [4.78, 5) is 24.8. The minimum atomic E-state index is -1.09. The van der Waals surface area contributed by atoms with Crippen molar-refractivity contribution in [3.05, 3.63) is 34.9 Å². The highest BCUT2D eigenvalue weighted by molar-refractivity contribution is 5.93. The monoisotopic (exact) mass is 340 g/mol. The first-order valence-corrected chi connectivity index (χ1v) is 7.85. The van der Waals surface area contributed by atoms with Gasteiger partial charge in [0, 0.05) is 18.7 Å². The number of carbonyl (C=O) groups excluding carboxylic acids is 2. The molecule has 0 aromatic heterocycles. The van der Waals surface area contributed by atoms with Crippen LogP contribution in [0.15, 0.2) is 12.1 Å². The number of rotatable bonds is 2. The lowest BCUT2D eigenvalue weighted by Gasteiger charge is -2.33. The molecule has 2 rings (SSSR count). The molecule has 1 aliphatic rings. The number of carbonyl (C=O) groups is 2. The lowest BCUT2D eigenvalue weighted by atomic mass is 9.88. The minimum absolute atomic E-state index is 0.0570. The van der Waals surface area contributed by atoms with Crippen LogP contribution in [0.1, 0.15) is 55.5 Å². The third kappa shape index (κ3) is 4.21. The molecule has 1 fully saturated rings. The number of amides is 2. The lowest BCUT2D eigenvalue weighted by molar-refractivity contribution is 0.0204. The summed E-state index contributed by atoms with van der Waals surface area (Å²) in [6.45, 7) is 6.10. The van der Waals surface area contributed by atoms with Crippen molar-refractivity contribution in [2.45, 2.75) is 45.1 Å². The number of likely N-dealkylation sites (tertiary alicyclic amines) is 1. The van der Waals surface area contributed by atoms with Gasteiger partial charge >= 0.3 is 6.09 Å². The molecular formula is C17H22F2N2O3. The third-order valence-electron chi connectivity index (χ3n) is 3.93. The van der Waals surface area contributed by atoms with Crippen molar-refractivity contribution in [2.75, 3.05) is 13.1 Å². The smallest absolute Gasteiger partial charge is 0.410 e. The van der Waals surface area contributed by atoms with Gasteiger partial charge in [0.2, 0.25) is 5.91 Å². The molecule has 2 amide bonds. The van der Waals surface area contributed by atoms with E-state index in [0.717, 1.165) is 6.07 Å². The first-order valence-electron chi connectivity index (χ1n) is 7.85. The fourth-order valence-corrected chi connectivity index (χ4v) is 2.75. The van der Waals surface area contributed by atoms with E-state index < -0.39 is 29.2 Å². The molecule has 0 unspecified atom stereocenters. The lowest BCUT2D eigenvalue weighted by Crippen LogP contribution is -2.41. The SMILES string of the molecule is CC(C)(C)OC(=O)N1CCC(c2cc(C(N)=O)cc(F)c2F)CC1. The van der Waals surface area contributed by atoms with E-state index >= 15 is 0 Å². The molecule has 0 spiro atoms. The van der Waals surface area contributed by atoms with E-state index in [1.54, 1.807) is 25.7 Å². The second kappa shape index (κ2) is 6.75. The van der Waals surface area contributed by atoms with Gasteiger partial charge in [0.15, 0.2) is 11.6 Å². The zero-order chi connectivity index (χ0) is 18.1. The van der Waals surface area contributed by atoms with Crippen molar-refractivity contribution in [3.63, 3.8) is 0 Å². The van der Waals surface area contributed by atoms with Crippen LogP contribution in [0.4, 0.5) is 13.6 Å². The molecule has 1 heterocycles. The Morgan fingerprint density at radius 1 is 1.21 bits per heavy atom. The minimum Gasteiger partial charge on any atom is -0.444 e. The Labute approximate surface area is 139 Å². The van der Waals surface area contributed by atoms with Crippen LogP contribution in [0.2, 0.25) is 0 Å². The molecule has 1 saturated heterocycles. The first-order chi connectivity index (χ1) is 11.1. The predicted octanol–water partition coefficient (Wildman–Crippen LogP) is 3.18. The number of nitrogens with zero attached hydrogens (tertiary/aromatic N) is 1. The van der Waals surface area contributed by atoms with Crippen LogP contribution < -0.4 is 5.73 Å². The third-order valence-corrected chi connectivity index (χ3v) is 3.93. The van der Waals surface area contributed by atoms with Crippen molar-refractivity contribution in [1.29, 1.82) is 0 Å². The number of hydrogen-bond donors (Lipinski definition) is 1. The van der Waals surface area contributed by atoms with Crippen LogP contribution in [0.5, 0.6) is 0 Å². The van der Waals surface area contributed by atoms with Gasteiger partial charge in [0.25, 0.3) is 0 Å². The summed E-state index contributed by atoms with van der Waals surface area (Å²) in [5.74, 6) is -3.13. The average molecular weight is 340 g/mol. The van der Waals surface area contributed by atoms with Crippen molar-refractivity contribution in [3.8, 4) is 0 Å². The Kier molecular flexibility index (Phi) is 5.11. The van der Waals surface area contributed by atoms with E-state index in [1.165, 1.54) is 6.07 Å². The van der Waals surface area contributed by atoms with Gasteiger partial charge in [-0.3, -0.25) is 4.79 Å². The number of primary amides is 1. The maximum absolute atomic E-state index is 14.1. The van der Waals surface area contributed by atoms with Crippen LogP contribution in [0.3, 0.4) is 0 Å². The molecule has 7 heteroatoms. The fourth-order valence-electron chi connectivity index (χ4n) is 2.75. The average Bonchev–Trinajstić information content (AvgIpc) is 2.48. The Balaban J connectivity index is 2.10. The highest BCUT2D eigenvalue weighted by atomic mass is 19.2. The zero-order valence-electron chi connectivity index (χ0n) is 14.1. The molecule has 2 N–H and O–H groups in total. The molecule has 1 aromatic rings. The van der Waals surface area contributed by atoms with E-state index in [1.807, 2.05) is 0 Å². The summed E-state index contributed by atoms with van der Waals surface area (Å²) in [6, 6.07) is 2.10. The van der Waals surface area contributed by atoms with Crippen LogP contribution in [0.25, 0.3) is 0 Å². The summed E-state index contributed by atoms with van der Waals surface area (Å²) < 4.78 is 33.1. The largest absolute Gasteiger partial charge is 0.444 e. The molecule has 5 nitrogen and oxygen atoms in total. The first kappa shape index (κ1) is 18.2. The zero-order valence-corrected chi connectivity index (χ0v) is 14.1. The van der Waals surface area contributed by atoms with Gasteiger partial charge < -0.3 is 15.4 Å². The number of halogens is 2. The van der Waals surface area contributed by atoms with Gasteiger partial charge in [-0.05, 0) is 57.2 Å². The van der Waals surface area contributed by atoms with Crippen molar-refractivity contribution >= 4 is 12.0 Å². The number of nitrogens with two attached hydrogens (primary N) is 1. The number of benzene rings is 1. The molecule has 1 aliphatic heterocycles. The molecule has 0 radical (unpaired) electrons. The van der Waals surface area contributed by atoms with Crippen LogP contribution >= 0.6 is 0 Å². The highest BCUT2D eigenvalue weighted by Gasteiger charge is 2.29. The van der Waals surface area contributed by atoms with E-state index in [4.69, 9.17) is 10.5 Å². The molecule has 1 aromatic carbocycles. The Morgan fingerprint density at radius 2 is 1.79 bits per heavy atom. The molecule has 132 valence electrons. The van der Waals surface area contributed by atoms with Gasteiger partial charge in [0.05, 0.1) is 0 Å². The van der Waals surface area contributed by atoms with E-state index in [0.29, 0.717) is 25.9 Å². The van der Waals surface area contributed by atoms with Crippen LogP contribution in [-0.2, 0) is 4.74 Å². The van der Waals surface area contributed by atoms with E-state index in [-0.39, 0.29) is 17.0 Å². The molecule has 24 heavy (non-hydrogen) atoms. The van der Waals surface area contributed by atoms with Crippen LogP contribution in [-0.4, -0.2) is 35.6 Å². The maximum Gasteiger partial charge on any atom is 0.410 e. The van der Waals surface area contributed by atoms with E-state index in [9.17, 15) is 18.4 Å². The van der Waals surface area contributed by atoms with Gasteiger partial charge in [-0.15, -0.1) is 0 Å². The molecule has 0 bridgehead atoms. The summed E-state index contributed by atoms with van der Waals surface area (Å²) in [5, 5.41) is 0. The summed E-state index contributed by atoms with van der Waals surface area (Å²) in [6.07, 6.45) is 0.494. The Bertz CT molecular complexity index is 648. The second-order valence-electron chi connectivity index (χ2n) is 6.97. The topological polar surface area (TPSA) is 72.6 Å². The molecular weight excluding hydrogens is 318 g/mol. The standard InChI is InChI=1S/C17H22F2N2O3/c1-17(2,3)24-16(23)21-6-4-10(5-7-21)12-8-11(15(20)22)9-13(18)14(12)19/h8-10H,4-7H2,1-3H3,(H2,20,22). The van der Waals surface area contributed by atoms with Crippen LogP contribution in [0, 0.1) is 11.6 Å². The van der Waals surface area contributed by atoms with Crippen molar-refractivity contribution in [2.24, 2.45) is 5.73 Å². The quantitative estimate of drug-likeness (QED) is 0.899. The van der Waals surface area contributed by atoms with Gasteiger partial charge in [-0.1, -0.05) is 0 Å².